The third kappa shape index (κ3) is 15.5. The van der Waals surface area contributed by atoms with Gasteiger partial charge in [0.2, 0.25) is 0 Å². The van der Waals surface area contributed by atoms with Crippen molar-refractivity contribution in [2.75, 3.05) is 52.9 Å². The molecule has 3 unspecified atom stereocenters. The Labute approximate surface area is 315 Å². The molecule has 50 heavy (non-hydrogen) atoms. The van der Waals surface area contributed by atoms with Gasteiger partial charge in [-0.05, 0) is 58.3 Å². The fourth-order valence-electron chi connectivity index (χ4n) is 5.25. The van der Waals surface area contributed by atoms with Gasteiger partial charge >= 0.3 is 11.9 Å². The number of aliphatic hydroxyl groups is 6. The fraction of sp³-hybridized carbons (Fsp3) is 0.778. The van der Waals surface area contributed by atoms with Crippen molar-refractivity contribution < 1.29 is 55.2 Å². The molecule has 0 bridgehead atoms. The number of hydrogen-bond donors (Lipinski definition) is 11. The van der Waals surface area contributed by atoms with Gasteiger partial charge in [-0.25, -0.2) is 9.59 Å². The number of benzene rings is 1. The lowest BCUT2D eigenvalue weighted by Gasteiger charge is -2.34. The molecule has 0 spiro atoms. The summed E-state index contributed by atoms with van der Waals surface area (Å²) in [6, 6.07) is 1.51. The van der Waals surface area contributed by atoms with Gasteiger partial charge in [-0.1, -0.05) is 62.3 Å². The molecule has 292 valence electrons. The Hall–Kier alpha value is -1.07. The van der Waals surface area contributed by atoms with E-state index in [1.165, 1.54) is 6.07 Å². The number of aliphatic hydroxyl groups excluding tert-OH is 6. The van der Waals surface area contributed by atoms with Crippen molar-refractivity contribution in [3.63, 3.8) is 0 Å². The minimum absolute atomic E-state index is 0.0550. The van der Waals surface area contributed by atoms with Gasteiger partial charge in [0.15, 0.2) is 0 Å². The summed E-state index contributed by atoms with van der Waals surface area (Å²) in [6.45, 7) is 15.8. The Morgan fingerprint density at radius 2 is 0.900 bits per heavy atom. The topological polar surface area (TPSA) is 205 Å². The lowest BCUT2D eigenvalue weighted by Crippen LogP contribution is -2.43. The Bertz CT molecular complexity index is 1180. The molecular formula is C36H64O11S3. The van der Waals surface area contributed by atoms with Gasteiger partial charge in [0, 0.05) is 15.7 Å². The summed E-state index contributed by atoms with van der Waals surface area (Å²) in [5.74, 6) is -2.52. The van der Waals surface area contributed by atoms with Crippen molar-refractivity contribution in [3.8, 4) is 0 Å². The van der Waals surface area contributed by atoms with Gasteiger partial charge < -0.3 is 45.6 Å². The van der Waals surface area contributed by atoms with Crippen LogP contribution in [-0.4, -0.2) is 106 Å². The maximum Gasteiger partial charge on any atom is 0.336 e. The average molecular weight is 769 g/mol. The van der Waals surface area contributed by atoms with E-state index in [-0.39, 0.29) is 51.1 Å². The van der Waals surface area contributed by atoms with Crippen LogP contribution in [0.3, 0.4) is 0 Å². The standard InChI is InChI=1S/C26H42O4S3.C10H22O7/c1-24(2,3)11-16(31)14-10-15(22(27)28)20(23(29)30)21(18(33)13-26(7,8)9)19(14)17(32)12-25(4,5)6;11-1-9(2-12,3-13)7-17-8-10(4-14,5-15)6-16/h10,16-18,31-33H,11-13H2,1-9H3,(H,27,28)(H,29,30);11-16H,1-8H2. The number of carboxylic acids is 2. The predicted octanol–water partition coefficient (Wildman–Crippen LogP) is 5.23. The summed E-state index contributed by atoms with van der Waals surface area (Å²) >= 11 is 14.7. The number of ether oxygens (including phenoxy) is 1. The summed E-state index contributed by atoms with van der Waals surface area (Å²) in [5, 5.41) is 73.3. The van der Waals surface area contributed by atoms with E-state index in [2.05, 4.69) is 62.3 Å². The van der Waals surface area contributed by atoms with Crippen molar-refractivity contribution in [2.45, 2.75) is 97.3 Å². The van der Waals surface area contributed by atoms with E-state index in [1.807, 2.05) is 0 Å². The molecule has 0 saturated carbocycles. The van der Waals surface area contributed by atoms with Gasteiger partial charge in [-0.15, -0.1) is 0 Å². The molecule has 3 atom stereocenters. The Balaban J connectivity index is 0.00000119. The Kier molecular flexibility index (Phi) is 20.0. The second-order valence-corrected chi connectivity index (χ2v) is 19.0. The van der Waals surface area contributed by atoms with Gasteiger partial charge in [-0.2, -0.15) is 37.9 Å². The number of hydrogen-bond acceptors (Lipinski definition) is 12. The minimum atomic E-state index is -1.26. The minimum Gasteiger partial charge on any atom is -0.478 e. The van der Waals surface area contributed by atoms with E-state index in [9.17, 15) is 19.8 Å². The van der Waals surface area contributed by atoms with Crippen LogP contribution < -0.4 is 0 Å². The molecule has 0 aliphatic rings. The van der Waals surface area contributed by atoms with Crippen LogP contribution in [0.4, 0.5) is 0 Å². The highest BCUT2D eigenvalue weighted by Gasteiger charge is 2.36. The van der Waals surface area contributed by atoms with Gasteiger partial charge in [0.1, 0.15) is 0 Å². The van der Waals surface area contributed by atoms with Gasteiger partial charge in [0.25, 0.3) is 0 Å². The first-order valence-corrected chi connectivity index (χ1v) is 18.2. The number of carboxylic acid groups (broad SMARTS) is 2. The average Bonchev–Trinajstić information content (AvgIpc) is 2.98. The zero-order chi connectivity index (χ0) is 39.5. The SMILES string of the molecule is CC(C)(C)CC(S)c1cc(C(=O)O)c(C(=O)O)c(C(S)CC(C)(C)C)c1C(S)CC(C)(C)C.OCC(CO)(CO)COCC(CO)(CO)CO. The molecule has 0 heterocycles. The van der Waals surface area contributed by atoms with Gasteiger partial charge in [-0.3, -0.25) is 0 Å². The summed E-state index contributed by atoms with van der Waals surface area (Å²) in [7, 11) is 0. The van der Waals surface area contributed by atoms with Crippen molar-refractivity contribution in [3.05, 3.63) is 33.9 Å². The maximum absolute atomic E-state index is 12.4. The summed E-state index contributed by atoms with van der Waals surface area (Å²) < 4.78 is 5.15. The van der Waals surface area contributed by atoms with Crippen LogP contribution in [0, 0.1) is 27.1 Å². The van der Waals surface area contributed by atoms with Crippen LogP contribution in [0.25, 0.3) is 0 Å². The highest BCUT2D eigenvalue weighted by atomic mass is 32.1. The zero-order valence-corrected chi connectivity index (χ0v) is 33.9. The normalized spacial score (nSPS) is 14.8. The summed E-state index contributed by atoms with van der Waals surface area (Å²) in [6.07, 6.45) is 1.96. The van der Waals surface area contributed by atoms with Gasteiger partial charge in [0.05, 0.1) is 74.8 Å². The number of carbonyl (C=O) groups is 2. The largest absolute Gasteiger partial charge is 0.478 e. The number of thiol groups is 3. The fourth-order valence-corrected chi connectivity index (χ4v) is 7.66. The molecule has 8 N–H and O–H groups in total. The molecule has 0 aliphatic carbocycles. The molecule has 0 aromatic heterocycles. The van der Waals surface area contributed by atoms with Crippen molar-refractivity contribution >= 4 is 49.8 Å². The molecule has 0 aliphatic heterocycles. The molecular weight excluding hydrogens is 705 g/mol. The second-order valence-electron chi connectivity index (χ2n) is 17.1. The van der Waals surface area contributed by atoms with E-state index in [0.717, 1.165) is 11.1 Å². The van der Waals surface area contributed by atoms with Crippen LogP contribution in [-0.2, 0) is 4.74 Å². The van der Waals surface area contributed by atoms with E-state index >= 15 is 0 Å². The van der Waals surface area contributed by atoms with Crippen LogP contribution in [0.2, 0.25) is 0 Å². The lowest BCUT2D eigenvalue weighted by molar-refractivity contribution is -0.103. The van der Waals surface area contributed by atoms with Crippen molar-refractivity contribution in [1.29, 1.82) is 0 Å². The first-order valence-electron chi connectivity index (χ1n) is 16.7. The van der Waals surface area contributed by atoms with Crippen LogP contribution in [0.5, 0.6) is 0 Å². The van der Waals surface area contributed by atoms with E-state index < -0.39 is 67.7 Å². The Morgan fingerprint density at radius 1 is 0.580 bits per heavy atom. The molecule has 0 saturated heterocycles. The predicted molar refractivity (Wildman–Crippen MR) is 206 cm³/mol. The molecule has 1 aromatic carbocycles. The highest BCUT2D eigenvalue weighted by molar-refractivity contribution is 7.81. The molecule has 11 nitrogen and oxygen atoms in total. The first kappa shape index (κ1) is 48.9. The monoisotopic (exact) mass is 768 g/mol. The molecule has 0 amide bonds. The highest BCUT2D eigenvalue weighted by Crippen LogP contribution is 2.49. The van der Waals surface area contributed by atoms with Crippen molar-refractivity contribution in [1.82, 2.24) is 0 Å². The smallest absolute Gasteiger partial charge is 0.336 e. The van der Waals surface area contributed by atoms with Crippen molar-refractivity contribution in [2.24, 2.45) is 27.1 Å². The van der Waals surface area contributed by atoms with E-state index in [4.69, 9.17) is 73.3 Å². The molecule has 0 radical (unpaired) electrons. The van der Waals surface area contributed by atoms with Crippen LogP contribution in [0.15, 0.2) is 6.07 Å². The summed E-state index contributed by atoms with van der Waals surface area (Å²) in [5.41, 5.74) is -1.01. The quantitative estimate of drug-likeness (QED) is 0.0873. The van der Waals surface area contributed by atoms with Crippen LogP contribution >= 0.6 is 37.9 Å². The Morgan fingerprint density at radius 3 is 1.18 bits per heavy atom. The third-order valence-corrected chi connectivity index (χ3v) is 9.50. The van der Waals surface area contributed by atoms with Crippen LogP contribution in [0.1, 0.15) is 135 Å². The zero-order valence-electron chi connectivity index (χ0n) is 31.2. The lowest BCUT2D eigenvalue weighted by atomic mass is 9.77. The molecule has 0 fully saturated rings. The molecule has 1 rings (SSSR count). The van der Waals surface area contributed by atoms with E-state index in [1.54, 1.807) is 0 Å². The molecule has 1 aromatic rings. The third-order valence-electron chi connectivity index (χ3n) is 8.16. The molecule has 14 heteroatoms. The summed E-state index contributed by atoms with van der Waals surface area (Å²) in [4.78, 5) is 24.7. The second kappa shape index (κ2) is 20.4. The number of aromatic carboxylic acids is 2. The maximum atomic E-state index is 12.4. The number of rotatable bonds is 18. The first-order chi connectivity index (χ1) is 22.7. The van der Waals surface area contributed by atoms with E-state index in [0.29, 0.717) is 24.8 Å².